The minimum Gasteiger partial charge on any atom is -0.396 e. The number of aliphatic hydroxyl groups excluding tert-OH is 2. The van der Waals surface area contributed by atoms with Crippen molar-refractivity contribution in [2.24, 2.45) is 5.41 Å². The number of hydrogen-bond acceptors (Lipinski definition) is 3. The van der Waals surface area contributed by atoms with Crippen LogP contribution in [0.15, 0.2) is 18.2 Å². The van der Waals surface area contributed by atoms with Gasteiger partial charge in [0, 0.05) is 24.7 Å². The zero-order chi connectivity index (χ0) is 17.8. The van der Waals surface area contributed by atoms with E-state index >= 15 is 0 Å². The van der Waals surface area contributed by atoms with Crippen LogP contribution in [0.4, 0.5) is 23.7 Å². The quantitative estimate of drug-likeness (QED) is 0.774. The van der Waals surface area contributed by atoms with Gasteiger partial charge < -0.3 is 20.4 Å². The number of carbonyl (C=O) groups is 1. The molecule has 0 radical (unpaired) electrons. The van der Waals surface area contributed by atoms with Gasteiger partial charge >= 0.3 is 12.2 Å². The van der Waals surface area contributed by atoms with Crippen LogP contribution in [-0.2, 0) is 6.18 Å². The molecule has 0 saturated heterocycles. The summed E-state index contributed by atoms with van der Waals surface area (Å²) < 4.78 is 38.6. The number of carbonyl (C=O) groups excluding carboxylic acids is 1. The summed E-state index contributed by atoms with van der Waals surface area (Å²) in [6, 6.07) is 2.91. The lowest BCUT2D eigenvalue weighted by Gasteiger charge is -2.30. The van der Waals surface area contributed by atoms with Crippen LogP contribution in [-0.4, -0.2) is 48.0 Å². The van der Waals surface area contributed by atoms with E-state index in [-0.39, 0.29) is 31.0 Å². The van der Waals surface area contributed by atoms with Crippen LogP contribution >= 0.6 is 0 Å². The number of nitrogens with zero attached hydrogens (tertiary/aromatic N) is 1. The first-order valence-electron chi connectivity index (χ1n) is 6.94. The molecule has 2 amide bonds. The minimum absolute atomic E-state index is 0.0227. The average molecular weight is 334 g/mol. The van der Waals surface area contributed by atoms with Crippen LogP contribution < -0.4 is 5.32 Å². The van der Waals surface area contributed by atoms with Crippen LogP contribution in [0.5, 0.6) is 0 Å². The van der Waals surface area contributed by atoms with E-state index in [0.29, 0.717) is 0 Å². The summed E-state index contributed by atoms with van der Waals surface area (Å²) in [4.78, 5) is 13.2. The van der Waals surface area contributed by atoms with Crippen molar-refractivity contribution in [2.45, 2.75) is 20.0 Å². The molecule has 0 aromatic heterocycles. The number of benzene rings is 1. The SMILES string of the molecule is Cc1ccc(NC(=O)N(C)CC(C)(CO)CO)cc1C(F)(F)F. The number of aryl methyl sites for hydroxylation is 1. The first-order valence-corrected chi connectivity index (χ1v) is 6.94. The number of urea groups is 1. The predicted molar refractivity (Wildman–Crippen MR) is 80.1 cm³/mol. The number of alkyl halides is 3. The molecule has 0 bridgehead atoms. The molecule has 130 valence electrons. The van der Waals surface area contributed by atoms with E-state index in [1.54, 1.807) is 6.92 Å². The van der Waals surface area contributed by atoms with Gasteiger partial charge in [-0.2, -0.15) is 13.2 Å². The van der Waals surface area contributed by atoms with Crippen molar-refractivity contribution in [1.82, 2.24) is 4.90 Å². The summed E-state index contributed by atoms with van der Waals surface area (Å²) in [6.07, 6.45) is -4.50. The number of rotatable bonds is 5. The monoisotopic (exact) mass is 334 g/mol. The summed E-state index contributed by atoms with van der Waals surface area (Å²) >= 11 is 0. The Balaban J connectivity index is 2.86. The molecule has 0 spiro atoms. The Morgan fingerprint density at radius 1 is 1.26 bits per heavy atom. The lowest BCUT2D eigenvalue weighted by atomic mass is 9.92. The molecule has 0 saturated carbocycles. The van der Waals surface area contributed by atoms with Gasteiger partial charge in [-0.25, -0.2) is 4.79 Å². The Kier molecular flexibility index (Phi) is 6.01. The highest BCUT2D eigenvalue weighted by Gasteiger charge is 2.33. The normalized spacial score (nSPS) is 12.2. The van der Waals surface area contributed by atoms with E-state index in [1.807, 2.05) is 0 Å². The molecular weight excluding hydrogens is 313 g/mol. The molecule has 0 fully saturated rings. The van der Waals surface area contributed by atoms with Gasteiger partial charge in [0.05, 0.1) is 18.8 Å². The Morgan fingerprint density at radius 3 is 2.30 bits per heavy atom. The van der Waals surface area contributed by atoms with Crippen LogP contribution in [0, 0.1) is 12.3 Å². The highest BCUT2D eigenvalue weighted by molar-refractivity contribution is 5.89. The lowest BCUT2D eigenvalue weighted by Crippen LogP contribution is -2.43. The minimum atomic E-state index is -4.50. The smallest absolute Gasteiger partial charge is 0.396 e. The van der Waals surface area contributed by atoms with Gasteiger partial charge in [-0.05, 0) is 24.6 Å². The second-order valence-corrected chi connectivity index (χ2v) is 5.94. The number of hydrogen-bond donors (Lipinski definition) is 3. The molecule has 0 atom stereocenters. The molecule has 1 aromatic carbocycles. The Morgan fingerprint density at radius 2 is 1.83 bits per heavy atom. The fourth-order valence-corrected chi connectivity index (χ4v) is 2.02. The second kappa shape index (κ2) is 7.18. The van der Waals surface area contributed by atoms with Crippen molar-refractivity contribution >= 4 is 11.7 Å². The number of nitrogens with one attached hydrogen (secondary N) is 1. The van der Waals surface area contributed by atoms with Gasteiger partial charge in [0.1, 0.15) is 0 Å². The molecule has 0 aliphatic carbocycles. The predicted octanol–water partition coefficient (Wildman–Crippen LogP) is 2.47. The second-order valence-electron chi connectivity index (χ2n) is 5.94. The fourth-order valence-electron chi connectivity index (χ4n) is 2.02. The zero-order valence-electron chi connectivity index (χ0n) is 13.2. The molecule has 1 aromatic rings. The molecule has 0 aliphatic rings. The molecule has 0 heterocycles. The Labute approximate surface area is 132 Å². The molecule has 1 rings (SSSR count). The summed E-state index contributed by atoms with van der Waals surface area (Å²) in [7, 11) is 1.43. The van der Waals surface area contributed by atoms with Crippen molar-refractivity contribution in [2.75, 3.05) is 32.1 Å². The summed E-state index contributed by atoms with van der Waals surface area (Å²) in [5.74, 6) is 0. The van der Waals surface area contributed by atoms with Crippen molar-refractivity contribution in [3.05, 3.63) is 29.3 Å². The maximum absolute atomic E-state index is 12.9. The zero-order valence-corrected chi connectivity index (χ0v) is 13.2. The van der Waals surface area contributed by atoms with Gasteiger partial charge in [-0.15, -0.1) is 0 Å². The molecule has 8 heteroatoms. The summed E-state index contributed by atoms with van der Waals surface area (Å²) in [5.41, 5.74) is -1.61. The van der Waals surface area contributed by atoms with E-state index < -0.39 is 23.2 Å². The van der Waals surface area contributed by atoms with Gasteiger partial charge in [0.2, 0.25) is 0 Å². The van der Waals surface area contributed by atoms with E-state index in [4.69, 9.17) is 0 Å². The van der Waals surface area contributed by atoms with E-state index in [9.17, 15) is 28.2 Å². The van der Waals surface area contributed by atoms with Gasteiger partial charge in [0.15, 0.2) is 0 Å². The largest absolute Gasteiger partial charge is 0.416 e. The highest BCUT2D eigenvalue weighted by Crippen LogP contribution is 2.33. The van der Waals surface area contributed by atoms with Crippen LogP contribution in [0.2, 0.25) is 0 Å². The topological polar surface area (TPSA) is 72.8 Å². The maximum Gasteiger partial charge on any atom is 0.416 e. The number of halogens is 3. The van der Waals surface area contributed by atoms with Gasteiger partial charge in [0.25, 0.3) is 0 Å². The first kappa shape index (κ1) is 19.2. The third-order valence-corrected chi connectivity index (χ3v) is 3.52. The van der Waals surface area contributed by atoms with Crippen LogP contribution in [0.25, 0.3) is 0 Å². The highest BCUT2D eigenvalue weighted by atomic mass is 19.4. The number of aliphatic hydroxyl groups is 2. The molecular formula is C15H21F3N2O3. The van der Waals surface area contributed by atoms with Crippen LogP contribution in [0.1, 0.15) is 18.1 Å². The fraction of sp³-hybridized carbons (Fsp3) is 0.533. The van der Waals surface area contributed by atoms with Gasteiger partial charge in [-0.3, -0.25) is 0 Å². The molecule has 0 unspecified atom stereocenters. The van der Waals surface area contributed by atoms with Gasteiger partial charge in [-0.1, -0.05) is 13.0 Å². The number of amides is 2. The van der Waals surface area contributed by atoms with Crippen LogP contribution in [0.3, 0.4) is 0 Å². The third kappa shape index (κ3) is 5.11. The van der Waals surface area contributed by atoms with Crippen molar-refractivity contribution in [1.29, 1.82) is 0 Å². The van der Waals surface area contributed by atoms with E-state index in [0.717, 1.165) is 6.07 Å². The maximum atomic E-state index is 12.9. The molecule has 3 N–H and O–H groups in total. The van der Waals surface area contributed by atoms with E-state index in [2.05, 4.69) is 5.32 Å². The molecule has 5 nitrogen and oxygen atoms in total. The summed E-state index contributed by atoms with van der Waals surface area (Å²) in [6.45, 7) is 2.32. The number of anilines is 1. The average Bonchev–Trinajstić information content (AvgIpc) is 2.47. The molecule has 0 aliphatic heterocycles. The van der Waals surface area contributed by atoms with Crippen molar-refractivity contribution in [3.8, 4) is 0 Å². The lowest BCUT2D eigenvalue weighted by molar-refractivity contribution is -0.138. The standard InChI is InChI=1S/C15H21F3N2O3/c1-10-4-5-11(6-12(10)15(16,17)18)19-13(23)20(3)7-14(2,8-21)9-22/h4-6,21-22H,7-9H2,1-3H3,(H,19,23). The van der Waals surface area contributed by atoms with Crippen molar-refractivity contribution in [3.63, 3.8) is 0 Å². The molecule has 23 heavy (non-hydrogen) atoms. The third-order valence-electron chi connectivity index (χ3n) is 3.52. The summed E-state index contributed by atoms with van der Waals surface area (Å²) in [5, 5.41) is 20.8. The Hall–Kier alpha value is -1.80. The first-order chi connectivity index (χ1) is 10.5. The van der Waals surface area contributed by atoms with E-state index in [1.165, 1.54) is 31.0 Å². The van der Waals surface area contributed by atoms with Crippen molar-refractivity contribution < 1.29 is 28.2 Å². The Bertz CT molecular complexity index is 557.